The van der Waals surface area contributed by atoms with Crippen LogP contribution in [0.5, 0.6) is 0 Å². The molecule has 1 aliphatic rings. The van der Waals surface area contributed by atoms with Crippen LogP contribution in [0.1, 0.15) is 43.8 Å². The van der Waals surface area contributed by atoms with Crippen molar-refractivity contribution in [3.63, 3.8) is 0 Å². The van der Waals surface area contributed by atoms with E-state index < -0.39 is 0 Å². The van der Waals surface area contributed by atoms with Gasteiger partial charge in [-0.15, -0.1) is 11.3 Å². The van der Waals surface area contributed by atoms with Crippen molar-refractivity contribution in [1.29, 1.82) is 0 Å². The van der Waals surface area contributed by atoms with Crippen LogP contribution in [-0.2, 0) is 12.8 Å². The fourth-order valence-corrected chi connectivity index (χ4v) is 3.05. The number of thiazole rings is 1. The molecular formula is C12H20N2S. The fraction of sp³-hybridized carbons (Fsp3) is 0.750. The summed E-state index contributed by atoms with van der Waals surface area (Å²) in [5.74, 6) is 0.694. The summed E-state index contributed by atoms with van der Waals surface area (Å²) in [5.41, 5.74) is 7.49. The summed E-state index contributed by atoms with van der Waals surface area (Å²) >= 11 is 1.79. The van der Waals surface area contributed by atoms with Crippen LogP contribution in [0.3, 0.4) is 0 Å². The molecule has 0 bridgehead atoms. The fourth-order valence-electron chi connectivity index (χ4n) is 2.04. The second-order valence-electron chi connectivity index (χ2n) is 5.22. The van der Waals surface area contributed by atoms with Gasteiger partial charge < -0.3 is 5.73 Å². The highest BCUT2D eigenvalue weighted by Gasteiger charge is 2.33. The Morgan fingerprint density at radius 1 is 1.53 bits per heavy atom. The monoisotopic (exact) mass is 224 g/mol. The Balaban J connectivity index is 1.95. The van der Waals surface area contributed by atoms with E-state index in [-0.39, 0.29) is 5.54 Å². The quantitative estimate of drug-likeness (QED) is 0.854. The third kappa shape index (κ3) is 2.79. The lowest BCUT2D eigenvalue weighted by molar-refractivity contribution is 0.246. The predicted molar refractivity (Wildman–Crippen MR) is 65.1 cm³/mol. The molecule has 0 atom stereocenters. The number of rotatable bonds is 4. The van der Waals surface area contributed by atoms with Crippen molar-refractivity contribution >= 4 is 11.3 Å². The molecule has 3 heteroatoms. The van der Waals surface area contributed by atoms with E-state index in [9.17, 15) is 0 Å². The molecule has 1 fully saturated rings. The van der Waals surface area contributed by atoms with Crippen LogP contribution in [0, 0.1) is 5.92 Å². The topological polar surface area (TPSA) is 38.9 Å². The van der Waals surface area contributed by atoms with Gasteiger partial charge in [-0.3, -0.25) is 0 Å². The van der Waals surface area contributed by atoms with Crippen LogP contribution < -0.4 is 5.73 Å². The van der Waals surface area contributed by atoms with Gasteiger partial charge in [0.1, 0.15) is 0 Å². The predicted octanol–water partition coefficient (Wildman–Crippen LogP) is 2.77. The molecule has 0 spiro atoms. The molecule has 15 heavy (non-hydrogen) atoms. The Labute approximate surface area is 95.9 Å². The van der Waals surface area contributed by atoms with Crippen molar-refractivity contribution in [1.82, 2.24) is 4.98 Å². The van der Waals surface area contributed by atoms with Crippen molar-refractivity contribution in [2.75, 3.05) is 0 Å². The zero-order chi connectivity index (χ0) is 10.9. The molecule has 1 saturated carbocycles. The van der Waals surface area contributed by atoms with Crippen molar-refractivity contribution in [2.24, 2.45) is 11.7 Å². The molecule has 84 valence electrons. The van der Waals surface area contributed by atoms with Crippen molar-refractivity contribution in [3.8, 4) is 0 Å². The van der Waals surface area contributed by atoms with Crippen molar-refractivity contribution in [3.05, 3.63) is 16.1 Å². The zero-order valence-electron chi connectivity index (χ0n) is 9.62. The first-order valence-corrected chi connectivity index (χ1v) is 6.67. The Bertz CT molecular complexity index is 326. The second kappa shape index (κ2) is 4.22. The Kier molecular flexibility index (Phi) is 3.12. The Morgan fingerprint density at radius 2 is 2.27 bits per heavy atom. The van der Waals surface area contributed by atoms with Crippen LogP contribution in [0.4, 0.5) is 0 Å². The average Bonchev–Trinajstić information content (AvgIpc) is 2.48. The zero-order valence-corrected chi connectivity index (χ0v) is 10.4. The number of nitrogens with two attached hydrogens (primary N) is 1. The minimum absolute atomic E-state index is 0.0726. The Hall–Kier alpha value is -0.410. The van der Waals surface area contributed by atoms with Crippen LogP contribution in [0.15, 0.2) is 5.38 Å². The normalized spacial score (nSPS) is 19.2. The molecule has 1 aromatic rings. The summed E-state index contributed by atoms with van der Waals surface area (Å²) in [7, 11) is 0. The maximum absolute atomic E-state index is 6.21. The third-order valence-electron chi connectivity index (χ3n) is 3.06. The molecule has 1 heterocycles. The highest BCUT2D eigenvalue weighted by atomic mass is 32.1. The first kappa shape index (κ1) is 11.1. The molecule has 1 aliphatic carbocycles. The highest BCUT2D eigenvalue weighted by molar-refractivity contribution is 7.09. The van der Waals surface area contributed by atoms with Crippen LogP contribution in [-0.4, -0.2) is 10.5 Å². The maximum Gasteiger partial charge on any atom is 0.0930 e. The van der Waals surface area contributed by atoms with Crippen molar-refractivity contribution < 1.29 is 0 Å². The summed E-state index contributed by atoms with van der Waals surface area (Å²) in [6.45, 7) is 4.47. The summed E-state index contributed by atoms with van der Waals surface area (Å²) in [5, 5.41) is 3.45. The van der Waals surface area contributed by atoms with Gasteiger partial charge in [0.2, 0.25) is 0 Å². The molecule has 2 rings (SSSR count). The lowest BCUT2D eigenvalue weighted by Gasteiger charge is -2.37. The van der Waals surface area contributed by atoms with E-state index in [0.29, 0.717) is 5.92 Å². The molecule has 2 nitrogen and oxygen atoms in total. The van der Waals surface area contributed by atoms with Gasteiger partial charge >= 0.3 is 0 Å². The van der Waals surface area contributed by atoms with E-state index in [0.717, 1.165) is 12.8 Å². The first-order valence-electron chi connectivity index (χ1n) is 5.80. The number of aromatic nitrogens is 1. The van der Waals surface area contributed by atoms with E-state index in [1.165, 1.54) is 30.0 Å². The van der Waals surface area contributed by atoms with Crippen LogP contribution >= 0.6 is 11.3 Å². The molecule has 0 amide bonds. The number of hydrogen-bond donors (Lipinski definition) is 1. The van der Waals surface area contributed by atoms with Gasteiger partial charge in [0.25, 0.3) is 0 Å². The second-order valence-corrected chi connectivity index (χ2v) is 6.17. The smallest absolute Gasteiger partial charge is 0.0930 e. The van der Waals surface area contributed by atoms with Crippen LogP contribution in [0.25, 0.3) is 0 Å². The van der Waals surface area contributed by atoms with E-state index in [2.05, 4.69) is 24.2 Å². The van der Waals surface area contributed by atoms with E-state index in [1.807, 2.05) is 0 Å². The minimum atomic E-state index is 0.0726. The maximum atomic E-state index is 6.21. The van der Waals surface area contributed by atoms with E-state index in [1.54, 1.807) is 11.3 Å². The molecule has 0 unspecified atom stereocenters. The van der Waals surface area contributed by atoms with Crippen LogP contribution in [0.2, 0.25) is 0 Å². The standard InChI is InChI=1S/C12H20N2S/c1-9(2)6-11-14-10(8-15-11)7-12(13)4-3-5-12/h8-9H,3-7,13H2,1-2H3. The summed E-state index contributed by atoms with van der Waals surface area (Å²) in [6, 6.07) is 0. The van der Waals surface area contributed by atoms with Crippen molar-refractivity contribution in [2.45, 2.75) is 51.5 Å². The van der Waals surface area contributed by atoms with E-state index in [4.69, 9.17) is 5.73 Å². The molecule has 0 aromatic carbocycles. The number of hydrogen-bond acceptors (Lipinski definition) is 3. The first-order chi connectivity index (χ1) is 7.07. The molecule has 0 saturated heterocycles. The molecule has 0 aliphatic heterocycles. The molecule has 0 radical (unpaired) electrons. The van der Waals surface area contributed by atoms with Gasteiger partial charge in [-0.25, -0.2) is 4.98 Å². The summed E-state index contributed by atoms with van der Waals surface area (Å²) in [6.07, 6.45) is 5.71. The minimum Gasteiger partial charge on any atom is -0.325 e. The molecular weight excluding hydrogens is 204 g/mol. The SMILES string of the molecule is CC(C)Cc1nc(CC2(N)CCC2)cs1. The summed E-state index contributed by atoms with van der Waals surface area (Å²) < 4.78 is 0. The summed E-state index contributed by atoms with van der Waals surface area (Å²) in [4.78, 5) is 4.66. The molecule has 1 aromatic heterocycles. The van der Waals surface area contributed by atoms with Gasteiger partial charge in [0.15, 0.2) is 0 Å². The lowest BCUT2D eigenvalue weighted by atomic mass is 9.75. The van der Waals surface area contributed by atoms with Gasteiger partial charge in [-0.05, 0) is 25.2 Å². The average molecular weight is 224 g/mol. The third-order valence-corrected chi connectivity index (χ3v) is 3.98. The van der Waals surface area contributed by atoms with E-state index >= 15 is 0 Å². The van der Waals surface area contributed by atoms with Gasteiger partial charge in [-0.2, -0.15) is 0 Å². The largest absolute Gasteiger partial charge is 0.325 e. The number of nitrogens with zero attached hydrogens (tertiary/aromatic N) is 1. The van der Waals surface area contributed by atoms with Gasteiger partial charge in [0.05, 0.1) is 10.7 Å². The lowest BCUT2D eigenvalue weighted by Crippen LogP contribution is -2.48. The van der Waals surface area contributed by atoms with Gasteiger partial charge in [0, 0.05) is 23.8 Å². The highest BCUT2D eigenvalue weighted by Crippen LogP contribution is 2.32. The molecule has 2 N–H and O–H groups in total. The Morgan fingerprint density at radius 3 is 2.80 bits per heavy atom. The van der Waals surface area contributed by atoms with Gasteiger partial charge in [-0.1, -0.05) is 13.8 Å².